The molecule has 1 saturated heterocycles. The Morgan fingerprint density at radius 2 is 1.53 bits per heavy atom. The number of halogens is 4. The number of hydrogen-bond acceptors (Lipinski definition) is 2. The molecule has 0 amide bonds. The van der Waals surface area contributed by atoms with Gasteiger partial charge in [0.2, 0.25) is 5.82 Å². The van der Waals surface area contributed by atoms with Crippen molar-refractivity contribution in [3.63, 3.8) is 0 Å². The molecule has 0 radical (unpaired) electrons. The molecule has 3 aromatic carbocycles. The van der Waals surface area contributed by atoms with Gasteiger partial charge in [-0.05, 0) is 55.5 Å². The van der Waals surface area contributed by atoms with Crippen molar-refractivity contribution in [2.24, 2.45) is 0 Å². The molecule has 1 aliphatic rings. The highest BCUT2D eigenvalue weighted by molar-refractivity contribution is 5.67. The number of benzene rings is 3. The quantitative estimate of drug-likeness (QED) is 0.340. The molecule has 2 unspecified atom stereocenters. The molecule has 6 heteroatoms. The fourth-order valence-corrected chi connectivity index (χ4v) is 4.37. The molecule has 1 aliphatic heterocycles. The second-order valence-corrected chi connectivity index (χ2v) is 8.27. The van der Waals surface area contributed by atoms with E-state index in [1.165, 1.54) is 24.3 Å². The first-order valence-corrected chi connectivity index (χ1v) is 11.4. The van der Waals surface area contributed by atoms with E-state index in [0.717, 1.165) is 11.1 Å². The van der Waals surface area contributed by atoms with Crippen LogP contribution in [0.5, 0.6) is 5.75 Å². The van der Waals surface area contributed by atoms with Gasteiger partial charge in [0.05, 0.1) is 19.3 Å². The summed E-state index contributed by atoms with van der Waals surface area (Å²) >= 11 is 0. The molecular weight excluding hydrogens is 444 g/mol. The van der Waals surface area contributed by atoms with E-state index in [0.29, 0.717) is 12.8 Å². The third-order valence-electron chi connectivity index (χ3n) is 6.13. The van der Waals surface area contributed by atoms with Gasteiger partial charge in [0.25, 0.3) is 0 Å². The second kappa shape index (κ2) is 10.4. The zero-order valence-corrected chi connectivity index (χ0v) is 19.1. The van der Waals surface area contributed by atoms with Crippen molar-refractivity contribution in [3.05, 3.63) is 94.6 Å². The average molecular weight is 471 g/mol. The average Bonchev–Trinajstić information content (AvgIpc) is 2.85. The van der Waals surface area contributed by atoms with Crippen molar-refractivity contribution in [2.75, 3.05) is 13.2 Å². The molecule has 0 saturated carbocycles. The molecule has 1 fully saturated rings. The molecule has 2 atom stereocenters. The van der Waals surface area contributed by atoms with Gasteiger partial charge in [0.15, 0.2) is 23.2 Å². The van der Waals surface area contributed by atoms with Crippen LogP contribution < -0.4 is 4.74 Å². The summed E-state index contributed by atoms with van der Waals surface area (Å²) in [6.45, 7) is 3.99. The Labute approximate surface area is 196 Å². The van der Waals surface area contributed by atoms with Gasteiger partial charge in [-0.2, -0.15) is 4.39 Å². The summed E-state index contributed by atoms with van der Waals surface area (Å²) in [7, 11) is 0. The molecule has 0 bridgehead atoms. The van der Waals surface area contributed by atoms with E-state index in [1.807, 2.05) is 43.3 Å². The maximum absolute atomic E-state index is 15.0. The molecule has 34 heavy (non-hydrogen) atoms. The molecule has 0 aliphatic carbocycles. The zero-order chi connectivity index (χ0) is 24.2. The van der Waals surface area contributed by atoms with E-state index in [2.05, 4.69) is 0 Å². The number of allylic oxidation sites excluding steroid dienone is 1. The number of hydrogen-bond donors (Lipinski definition) is 0. The lowest BCUT2D eigenvalue weighted by Crippen LogP contribution is -2.20. The van der Waals surface area contributed by atoms with Gasteiger partial charge in [-0.15, -0.1) is 0 Å². The minimum absolute atomic E-state index is 0.107. The summed E-state index contributed by atoms with van der Waals surface area (Å²) in [5.74, 6) is -5.37. The van der Waals surface area contributed by atoms with Crippen LogP contribution in [0.1, 0.15) is 55.4 Å². The second-order valence-electron chi connectivity index (χ2n) is 8.27. The normalized spacial score (nSPS) is 18.4. The number of rotatable bonds is 6. The van der Waals surface area contributed by atoms with E-state index >= 15 is 4.39 Å². The topological polar surface area (TPSA) is 18.5 Å². The van der Waals surface area contributed by atoms with Crippen LogP contribution in [0.25, 0.3) is 17.2 Å². The Balaban J connectivity index is 1.51. The molecule has 4 rings (SSSR count). The van der Waals surface area contributed by atoms with E-state index in [9.17, 15) is 13.2 Å². The Kier molecular flexibility index (Phi) is 7.37. The highest BCUT2D eigenvalue weighted by Crippen LogP contribution is 2.39. The van der Waals surface area contributed by atoms with Gasteiger partial charge in [-0.1, -0.05) is 48.6 Å². The van der Waals surface area contributed by atoms with Crippen molar-refractivity contribution in [1.82, 2.24) is 0 Å². The van der Waals surface area contributed by atoms with Gasteiger partial charge >= 0.3 is 0 Å². The van der Waals surface area contributed by atoms with Gasteiger partial charge in [0, 0.05) is 17.0 Å². The van der Waals surface area contributed by atoms with Crippen LogP contribution in [-0.2, 0) is 4.74 Å². The van der Waals surface area contributed by atoms with Gasteiger partial charge in [-0.3, -0.25) is 0 Å². The summed E-state index contributed by atoms with van der Waals surface area (Å²) in [4.78, 5) is 0. The van der Waals surface area contributed by atoms with Gasteiger partial charge < -0.3 is 9.47 Å². The van der Waals surface area contributed by atoms with Crippen molar-refractivity contribution < 1.29 is 27.0 Å². The van der Waals surface area contributed by atoms with Crippen molar-refractivity contribution in [3.8, 4) is 16.9 Å². The monoisotopic (exact) mass is 470 g/mol. The maximum atomic E-state index is 15.0. The van der Waals surface area contributed by atoms with E-state index in [4.69, 9.17) is 9.47 Å². The lowest BCUT2D eigenvalue weighted by Gasteiger charge is -2.30. The molecule has 178 valence electrons. The summed E-state index contributed by atoms with van der Waals surface area (Å²) < 4.78 is 69.8. The zero-order valence-electron chi connectivity index (χ0n) is 19.1. The predicted molar refractivity (Wildman–Crippen MR) is 125 cm³/mol. The van der Waals surface area contributed by atoms with Crippen LogP contribution in [0, 0.1) is 23.3 Å². The molecule has 2 nitrogen and oxygen atoms in total. The fraction of sp³-hybridized carbons (Fsp3) is 0.286. The van der Waals surface area contributed by atoms with Crippen molar-refractivity contribution in [1.29, 1.82) is 0 Å². The first kappa shape index (κ1) is 24.0. The first-order chi connectivity index (χ1) is 16.4. The maximum Gasteiger partial charge on any atom is 0.201 e. The van der Waals surface area contributed by atoms with E-state index in [-0.39, 0.29) is 47.7 Å². The third kappa shape index (κ3) is 4.73. The molecule has 1 heterocycles. The van der Waals surface area contributed by atoms with Crippen LogP contribution in [0.2, 0.25) is 0 Å². The van der Waals surface area contributed by atoms with Crippen molar-refractivity contribution in [2.45, 2.75) is 38.7 Å². The van der Waals surface area contributed by atoms with Crippen LogP contribution in [0.3, 0.4) is 0 Å². The Morgan fingerprint density at radius 1 is 0.853 bits per heavy atom. The summed E-state index contributed by atoms with van der Waals surface area (Å²) in [6, 6.07) is 13.2. The SMILES string of the molecule is CC=Cc1ccc(C2CCC(c3ccc(-c4ccc(OCC)c(F)c4F)c(F)c3F)CO2)cc1. The minimum Gasteiger partial charge on any atom is -0.491 e. The Morgan fingerprint density at radius 3 is 2.15 bits per heavy atom. The summed E-state index contributed by atoms with van der Waals surface area (Å²) in [5.41, 5.74) is 1.62. The van der Waals surface area contributed by atoms with Gasteiger partial charge in [-0.25, -0.2) is 13.2 Å². The van der Waals surface area contributed by atoms with Crippen LogP contribution >= 0.6 is 0 Å². The fourth-order valence-electron chi connectivity index (χ4n) is 4.37. The van der Waals surface area contributed by atoms with Crippen LogP contribution in [0.4, 0.5) is 17.6 Å². The Hall–Kier alpha value is -3.12. The largest absolute Gasteiger partial charge is 0.491 e. The molecular formula is C28H26F4O2. The van der Waals surface area contributed by atoms with E-state index < -0.39 is 23.3 Å². The molecule has 0 N–H and O–H groups in total. The van der Waals surface area contributed by atoms with Crippen LogP contribution in [0.15, 0.2) is 54.6 Å². The smallest absolute Gasteiger partial charge is 0.201 e. The van der Waals surface area contributed by atoms with Crippen LogP contribution in [-0.4, -0.2) is 13.2 Å². The first-order valence-electron chi connectivity index (χ1n) is 11.4. The third-order valence-corrected chi connectivity index (χ3v) is 6.13. The van der Waals surface area contributed by atoms with Crippen molar-refractivity contribution >= 4 is 6.08 Å². The lowest BCUT2D eigenvalue weighted by molar-refractivity contribution is 0.00164. The highest BCUT2D eigenvalue weighted by Gasteiger charge is 2.28. The lowest BCUT2D eigenvalue weighted by atomic mass is 9.88. The highest BCUT2D eigenvalue weighted by atomic mass is 19.2. The molecule has 0 aromatic heterocycles. The summed E-state index contributed by atoms with van der Waals surface area (Å²) in [5, 5.41) is 0. The molecule has 0 spiro atoms. The standard InChI is InChI=1S/C28H26F4O2/c1-3-5-17-6-8-18(9-7-17)23-14-10-19(16-34-23)20-11-12-21(26(30)25(20)29)22-13-15-24(33-4-2)28(32)27(22)31/h3,5-9,11-13,15,19,23H,4,10,14,16H2,1-2H3. The predicted octanol–water partition coefficient (Wildman–Crippen LogP) is 7.98. The summed E-state index contributed by atoms with van der Waals surface area (Å²) in [6.07, 6.45) is 5.15. The Bertz CT molecular complexity index is 1180. The minimum atomic E-state index is -1.28. The van der Waals surface area contributed by atoms with Gasteiger partial charge in [0.1, 0.15) is 0 Å². The number of ether oxygens (including phenoxy) is 2. The molecule has 3 aromatic rings. The van der Waals surface area contributed by atoms with E-state index in [1.54, 1.807) is 6.92 Å².